The highest BCUT2D eigenvalue weighted by Gasteiger charge is 2.22. The van der Waals surface area contributed by atoms with Crippen molar-refractivity contribution in [2.45, 2.75) is 16.2 Å². The summed E-state index contributed by atoms with van der Waals surface area (Å²) in [6, 6.07) is 14.1. The van der Waals surface area contributed by atoms with Crippen molar-refractivity contribution in [3.63, 3.8) is 0 Å². The molecule has 1 aliphatic rings. The number of halogens is 1. The van der Waals surface area contributed by atoms with Crippen molar-refractivity contribution in [1.29, 1.82) is 0 Å². The predicted molar refractivity (Wildman–Crippen MR) is 89.7 cm³/mol. The minimum absolute atomic E-state index is 0.428. The van der Waals surface area contributed by atoms with Crippen molar-refractivity contribution in [3.8, 4) is 0 Å². The van der Waals surface area contributed by atoms with Gasteiger partial charge in [0.25, 0.3) is 0 Å². The Balaban J connectivity index is 1.87. The van der Waals surface area contributed by atoms with E-state index in [9.17, 15) is 4.79 Å². The monoisotopic (exact) mass is 334 g/mol. The maximum atomic E-state index is 10.5. The summed E-state index contributed by atoms with van der Waals surface area (Å²) >= 11 is 7.87. The quantitative estimate of drug-likeness (QED) is 0.802. The lowest BCUT2D eigenvalue weighted by molar-refractivity contribution is 0.194. The van der Waals surface area contributed by atoms with Crippen LogP contribution in [0, 0.1) is 0 Å². The number of benzene rings is 2. The van der Waals surface area contributed by atoms with Crippen LogP contribution in [-0.4, -0.2) is 24.3 Å². The van der Waals surface area contributed by atoms with Crippen LogP contribution in [0.25, 0.3) is 0 Å². The molecule has 0 aliphatic carbocycles. The maximum Gasteiger partial charge on any atom is 0.404 e. The van der Waals surface area contributed by atoms with Crippen molar-refractivity contribution >= 4 is 40.8 Å². The molecule has 0 aromatic heterocycles. The fraction of sp³-hybridized carbons (Fsp3) is 0.188. The van der Waals surface area contributed by atoms with E-state index >= 15 is 0 Å². The molecule has 22 heavy (non-hydrogen) atoms. The number of carbonyl (C=O) groups is 1. The topological polar surface area (TPSA) is 52.6 Å². The molecule has 2 N–H and O–H groups in total. The summed E-state index contributed by atoms with van der Waals surface area (Å²) in [6.45, 7) is 1.15. The molecule has 1 amide bonds. The van der Waals surface area contributed by atoms with E-state index in [0.29, 0.717) is 11.6 Å². The van der Waals surface area contributed by atoms with Crippen LogP contribution in [-0.2, 0) is 0 Å². The Hall–Kier alpha value is -1.85. The molecule has 1 heterocycles. The molecule has 0 bridgehead atoms. The van der Waals surface area contributed by atoms with Gasteiger partial charge in [0.15, 0.2) is 0 Å². The molecule has 0 radical (unpaired) electrons. The molecule has 0 saturated heterocycles. The normalized spacial score (nSPS) is 12.5. The molecule has 0 fully saturated rings. The first-order valence-corrected chi connectivity index (χ1v) is 8.15. The average molecular weight is 335 g/mol. The van der Waals surface area contributed by atoms with E-state index in [-0.39, 0.29) is 0 Å². The van der Waals surface area contributed by atoms with Crippen molar-refractivity contribution < 1.29 is 9.90 Å². The SMILES string of the molecule is O=C(O)NCCCN1c2ccccc2Sc2ccc(Cl)cc21. The van der Waals surface area contributed by atoms with Crippen LogP contribution in [0.2, 0.25) is 5.02 Å². The highest BCUT2D eigenvalue weighted by molar-refractivity contribution is 7.99. The molecular formula is C16H15ClN2O2S. The fourth-order valence-electron chi connectivity index (χ4n) is 2.48. The van der Waals surface area contributed by atoms with Crippen LogP contribution >= 0.6 is 23.4 Å². The minimum atomic E-state index is -0.988. The average Bonchev–Trinajstić information content (AvgIpc) is 2.50. The Morgan fingerprint density at radius 2 is 1.95 bits per heavy atom. The van der Waals surface area contributed by atoms with Crippen LogP contribution in [0.1, 0.15) is 6.42 Å². The smallest absolute Gasteiger partial charge is 0.404 e. The lowest BCUT2D eigenvalue weighted by atomic mass is 10.2. The third-order valence-electron chi connectivity index (χ3n) is 3.42. The summed E-state index contributed by atoms with van der Waals surface area (Å²) in [5, 5.41) is 11.8. The van der Waals surface area contributed by atoms with Crippen LogP contribution in [0.5, 0.6) is 0 Å². The van der Waals surface area contributed by atoms with Gasteiger partial charge < -0.3 is 15.3 Å². The molecular weight excluding hydrogens is 320 g/mol. The summed E-state index contributed by atoms with van der Waals surface area (Å²) in [4.78, 5) is 15.1. The van der Waals surface area contributed by atoms with Gasteiger partial charge in [-0.2, -0.15) is 0 Å². The van der Waals surface area contributed by atoms with E-state index in [1.807, 2.05) is 30.3 Å². The van der Waals surface area contributed by atoms with Crippen molar-refractivity contribution in [3.05, 3.63) is 47.5 Å². The number of fused-ring (bicyclic) bond motifs is 2. The zero-order valence-corrected chi connectivity index (χ0v) is 13.3. The van der Waals surface area contributed by atoms with Crippen molar-refractivity contribution in [1.82, 2.24) is 5.32 Å². The molecule has 0 saturated carbocycles. The van der Waals surface area contributed by atoms with Crippen LogP contribution in [0.15, 0.2) is 52.3 Å². The number of hydrogen-bond donors (Lipinski definition) is 2. The van der Waals surface area contributed by atoms with Gasteiger partial charge in [-0.3, -0.25) is 0 Å². The van der Waals surface area contributed by atoms with Gasteiger partial charge in [-0.25, -0.2) is 4.79 Å². The summed E-state index contributed by atoms with van der Waals surface area (Å²) in [7, 11) is 0. The Bertz CT molecular complexity index is 708. The largest absolute Gasteiger partial charge is 0.465 e. The summed E-state index contributed by atoms with van der Waals surface area (Å²) < 4.78 is 0. The number of nitrogens with zero attached hydrogens (tertiary/aromatic N) is 1. The lowest BCUT2D eigenvalue weighted by Gasteiger charge is -2.33. The molecule has 0 spiro atoms. The molecule has 6 heteroatoms. The Morgan fingerprint density at radius 3 is 2.77 bits per heavy atom. The zero-order valence-electron chi connectivity index (χ0n) is 11.8. The number of para-hydroxylation sites is 1. The number of anilines is 2. The van der Waals surface area contributed by atoms with Crippen molar-refractivity contribution in [2.24, 2.45) is 0 Å². The second kappa shape index (κ2) is 6.50. The molecule has 1 aliphatic heterocycles. The van der Waals surface area contributed by atoms with E-state index in [1.165, 1.54) is 4.90 Å². The summed E-state index contributed by atoms with van der Waals surface area (Å²) in [5.74, 6) is 0. The summed E-state index contributed by atoms with van der Waals surface area (Å²) in [6.07, 6.45) is -0.268. The number of hydrogen-bond acceptors (Lipinski definition) is 3. The molecule has 4 nitrogen and oxygen atoms in total. The molecule has 0 unspecified atom stereocenters. The predicted octanol–water partition coefficient (Wildman–Crippen LogP) is 4.60. The van der Waals surface area contributed by atoms with Gasteiger partial charge in [0, 0.05) is 27.9 Å². The Morgan fingerprint density at radius 1 is 1.18 bits per heavy atom. The van der Waals surface area contributed by atoms with Crippen molar-refractivity contribution in [2.75, 3.05) is 18.0 Å². The lowest BCUT2D eigenvalue weighted by Crippen LogP contribution is -2.27. The van der Waals surface area contributed by atoms with E-state index in [0.717, 1.165) is 29.2 Å². The Kier molecular flexibility index (Phi) is 4.45. The Labute approximate surface area is 138 Å². The molecule has 2 aromatic carbocycles. The van der Waals surface area contributed by atoms with Gasteiger partial charge in [0.05, 0.1) is 11.4 Å². The number of amides is 1. The van der Waals surface area contributed by atoms with Gasteiger partial charge in [0.1, 0.15) is 0 Å². The van der Waals surface area contributed by atoms with Crippen LogP contribution in [0.4, 0.5) is 16.2 Å². The van der Waals surface area contributed by atoms with Crippen LogP contribution < -0.4 is 10.2 Å². The first kappa shape index (κ1) is 15.1. The minimum Gasteiger partial charge on any atom is -0.465 e. The van der Waals surface area contributed by atoms with Gasteiger partial charge in [-0.05, 0) is 36.8 Å². The van der Waals surface area contributed by atoms with Crippen LogP contribution in [0.3, 0.4) is 0 Å². The number of nitrogens with one attached hydrogen (secondary N) is 1. The van der Waals surface area contributed by atoms with E-state index in [4.69, 9.17) is 16.7 Å². The molecule has 3 rings (SSSR count). The molecule has 0 atom stereocenters. The third kappa shape index (κ3) is 3.15. The van der Waals surface area contributed by atoms with Gasteiger partial charge in [0.2, 0.25) is 0 Å². The first-order chi connectivity index (χ1) is 10.6. The first-order valence-electron chi connectivity index (χ1n) is 6.96. The van der Waals surface area contributed by atoms with Gasteiger partial charge in [-0.1, -0.05) is 35.5 Å². The van der Waals surface area contributed by atoms with Gasteiger partial charge in [-0.15, -0.1) is 0 Å². The number of carboxylic acid groups (broad SMARTS) is 1. The summed E-state index contributed by atoms with van der Waals surface area (Å²) in [5.41, 5.74) is 2.21. The fourth-order valence-corrected chi connectivity index (χ4v) is 3.72. The second-order valence-electron chi connectivity index (χ2n) is 4.92. The van der Waals surface area contributed by atoms with E-state index in [2.05, 4.69) is 22.3 Å². The highest BCUT2D eigenvalue weighted by Crippen LogP contribution is 2.48. The van der Waals surface area contributed by atoms with Gasteiger partial charge >= 0.3 is 6.09 Å². The highest BCUT2D eigenvalue weighted by atomic mass is 35.5. The maximum absolute atomic E-state index is 10.5. The van der Waals surface area contributed by atoms with E-state index < -0.39 is 6.09 Å². The molecule has 2 aromatic rings. The molecule has 114 valence electrons. The zero-order chi connectivity index (χ0) is 15.5. The van der Waals surface area contributed by atoms with E-state index in [1.54, 1.807) is 11.8 Å². The standard InChI is InChI=1S/C16H15ClN2O2S/c17-11-6-7-15-13(10-11)19(9-3-8-18-16(20)21)12-4-1-2-5-14(12)22-15/h1-2,4-7,10,18H,3,8-9H2,(H,20,21). The third-order valence-corrected chi connectivity index (χ3v) is 4.79. The number of rotatable bonds is 4. The second-order valence-corrected chi connectivity index (χ2v) is 6.44.